The van der Waals surface area contributed by atoms with Crippen LogP contribution in [0.5, 0.6) is 0 Å². The maximum absolute atomic E-state index is 14.4. The summed E-state index contributed by atoms with van der Waals surface area (Å²) in [5.74, 6) is -0.189. The zero-order valence-corrected chi connectivity index (χ0v) is 25.0. The summed E-state index contributed by atoms with van der Waals surface area (Å²) in [5, 5.41) is 10.1. The minimum absolute atomic E-state index is 0.0636. The number of ketones is 1. The number of fused-ring (bicyclic) bond motifs is 7. The maximum atomic E-state index is 14.4. The zero-order valence-electron chi connectivity index (χ0n) is 25.0. The molecule has 5 nitrogen and oxygen atoms in total. The molecule has 0 radical (unpaired) electrons. The standard InChI is InChI=1S/C33H50O5/c1-9-25(35)38-24-11-12-31(6)23(28(24,2)3)10-13-33(8)26(31)22(34)18-20-21-19-30(5,27(36)37)15-14-29(21,4)16-17-32(20,33)7/h18,21,23-24,26H,9-17,19H2,1-8H3,(H,36,37)/t21-,23-,24-,26+,29+,30-,31-,32+,33+/m0/s1. The van der Waals surface area contributed by atoms with Gasteiger partial charge >= 0.3 is 11.9 Å². The number of allylic oxidation sites excluding steroid dienone is 2. The highest BCUT2D eigenvalue weighted by atomic mass is 16.5. The summed E-state index contributed by atoms with van der Waals surface area (Å²) in [7, 11) is 0. The number of rotatable bonds is 3. The molecule has 212 valence electrons. The molecule has 0 heterocycles. The Morgan fingerprint density at radius 1 is 0.947 bits per heavy atom. The number of hydrogen-bond donors (Lipinski definition) is 1. The van der Waals surface area contributed by atoms with E-state index in [-0.39, 0.29) is 56.8 Å². The average molecular weight is 527 g/mol. The normalized spacial score (nSPS) is 49.5. The predicted octanol–water partition coefficient (Wildman–Crippen LogP) is 7.37. The third-order valence-corrected chi connectivity index (χ3v) is 13.6. The van der Waals surface area contributed by atoms with Gasteiger partial charge in [0.05, 0.1) is 5.41 Å². The lowest BCUT2D eigenvalue weighted by Crippen LogP contribution is -2.66. The fourth-order valence-corrected chi connectivity index (χ4v) is 10.8. The van der Waals surface area contributed by atoms with E-state index >= 15 is 0 Å². The van der Waals surface area contributed by atoms with Crippen LogP contribution in [-0.2, 0) is 19.1 Å². The molecule has 0 amide bonds. The van der Waals surface area contributed by atoms with Crippen LogP contribution in [-0.4, -0.2) is 28.9 Å². The number of carboxylic acid groups (broad SMARTS) is 1. The molecule has 38 heavy (non-hydrogen) atoms. The van der Waals surface area contributed by atoms with Crippen molar-refractivity contribution in [3.8, 4) is 0 Å². The van der Waals surface area contributed by atoms with Crippen molar-refractivity contribution in [2.75, 3.05) is 0 Å². The predicted molar refractivity (Wildman–Crippen MR) is 147 cm³/mol. The lowest BCUT2D eigenvalue weighted by Gasteiger charge is -2.70. The van der Waals surface area contributed by atoms with Crippen molar-refractivity contribution >= 4 is 17.7 Å². The SMILES string of the molecule is CCC(=O)O[C@H]1CC[C@]2(C)[C@H]3C(=O)C=C4[C@@H]5C[C@@](C)(C(=O)O)CC[C@]5(C)CC[C@@]4(C)[C@]3(C)CC[C@H]2C1(C)C. The van der Waals surface area contributed by atoms with Gasteiger partial charge in [-0.1, -0.05) is 54.0 Å². The van der Waals surface area contributed by atoms with Crippen molar-refractivity contribution < 1.29 is 24.2 Å². The Morgan fingerprint density at radius 2 is 1.61 bits per heavy atom. The largest absolute Gasteiger partial charge is 0.481 e. The van der Waals surface area contributed by atoms with E-state index in [0.717, 1.165) is 44.9 Å². The summed E-state index contributed by atoms with van der Waals surface area (Å²) >= 11 is 0. The summed E-state index contributed by atoms with van der Waals surface area (Å²) in [6.45, 7) is 17.8. The van der Waals surface area contributed by atoms with Gasteiger partial charge in [-0.25, -0.2) is 0 Å². The lowest BCUT2D eigenvalue weighted by atomic mass is 9.33. The Kier molecular flexibility index (Phi) is 6.19. The molecule has 0 unspecified atom stereocenters. The molecule has 0 saturated heterocycles. The molecule has 5 heteroatoms. The van der Waals surface area contributed by atoms with Gasteiger partial charge in [0.1, 0.15) is 6.10 Å². The van der Waals surface area contributed by atoms with Gasteiger partial charge in [0, 0.05) is 17.8 Å². The van der Waals surface area contributed by atoms with Crippen LogP contribution >= 0.6 is 0 Å². The minimum Gasteiger partial charge on any atom is -0.481 e. The fraction of sp³-hybridized carbons (Fsp3) is 0.848. The van der Waals surface area contributed by atoms with Crippen LogP contribution in [0, 0.1) is 50.2 Å². The second kappa shape index (κ2) is 8.43. The number of esters is 1. The molecule has 5 aliphatic rings. The van der Waals surface area contributed by atoms with E-state index in [4.69, 9.17) is 4.74 Å². The monoisotopic (exact) mass is 526 g/mol. The summed E-state index contributed by atoms with van der Waals surface area (Å²) in [6.07, 6.45) is 10.4. The Labute approximate surface area is 229 Å². The highest BCUT2D eigenvalue weighted by molar-refractivity contribution is 5.95. The fourth-order valence-electron chi connectivity index (χ4n) is 10.8. The summed E-state index contributed by atoms with van der Waals surface area (Å²) in [4.78, 5) is 39.0. The van der Waals surface area contributed by atoms with Crippen molar-refractivity contribution in [3.05, 3.63) is 11.6 Å². The van der Waals surface area contributed by atoms with E-state index in [1.807, 2.05) is 19.9 Å². The third kappa shape index (κ3) is 3.51. The summed E-state index contributed by atoms with van der Waals surface area (Å²) in [5.41, 5.74) is -0.0374. The Morgan fingerprint density at radius 3 is 2.24 bits per heavy atom. The van der Waals surface area contributed by atoms with E-state index in [2.05, 4.69) is 41.5 Å². The number of carboxylic acids is 1. The number of carbonyl (C=O) groups is 3. The first kappa shape index (κ1) is 27.9. The number of carbonyl (C=O) groups excluding carboxylic acids is 2. The maximum Gasteiger partial charge on any atom is 0.309 e. The van der Waals surface area contributed by atoms with Gasteiger partial charge in [-0.05, 0) is 104 Å². The minimum atomic E-state index is -0.730. The third-order valence-electron chi connectivity index (χ3n) is 13.6. The van der Waals surface area contributed by atoms with Gasteiger partial charge in [0.25, 0.3) is 0 Å². The summed E-state index contributed by atoms with van der Waals surface area (Å²) in [6, 6.07) is 0. The average Bonchev–Trinajstić information content (AvgIpc) is 2.83. The van der Waals surface area contributed by atoms with Crippen LogP contribution in [0.25, 0.3) is 0 Å². The van der Waals surface area contributed by atoms with Gasteiger partial charge in [0.2, 0.25) is 0 Å². The molecule has 1 N–H and O–H groups in total. The van der Waals surface area contributed by atoms with Crippen molar-refractivity contribution in [1.82, 2.24) is 0 Å². The molecule has 9 atom stereocenters. The zero-order chi connectivity index (χ0) is 28.1. The summed E-state index contributed by atoms with van der Waals surface area (Å²) < 4.78 is 5.97. The van der Waals surface area contributed by atoms with Crippen LogP contribution in [0.3, 0.4) is 0 Å². The van der Waals surface area contributed by atoms with Crippen molar-refractivity contribution in [1.29, 1.82) is 0 Å². The van der Waals surface area contributed by atoms with Crippen LogP contribution in [0.2, 0.25) is 0 Å². The Hall–Kier alpha value is -1.65. The Balaban J connectivity index is 1.56. The van der Waals surface area contributed by atoms with E-state index in [1.165, 1.54) is 5.57 Å². The molecule has 4 saturated carbocycles. The van der Waals surface area contributed by atoms with Gasteiger partial charge in [-0.3, -0.25) is 14.4 Å². The van der Waals surface area contributed by atoms with Gasteiger partial charge in [-0.2, -0.15) is 0 Å². The van der Waals surface area contributed by atoms with E-state index in [0.29, 0.717) is 25.2 Å². The molecule has 0 aliphatic heterocycles. The van der Waals surface area contributed by atoms with Crippen molar-refractivity contribution in [2.45, 2.75) is 126 Å². The molecule has 0 aromatic carbocycles. The number of aliphatic carboxylic acids is 1. The van der Waals surface area contributed by atoms with E-state index < -0.39 is 11.4 Å². The molecule has 5 rings (SSSR count). The number of hydrogen-bond acceptors (Lipinski definition) is 4. The molecule has 4 fully saturated rings. The topological polar surface area (TPSA) is 80.7 Å². The highest BCUT2D eigenvalue weighted by Gasteiger charge is 2.70. The molecule has 0 bridgehead atoms. The first-order chi connectivity index (χ1) is 17.5. The smallest absolute Gasteiger partial charge is 0.309 e. The van der Waals surface area contributed by atoms with Crippen LogP contribution < -0.4 is 0 Å². The van der Waals surface area contributed by atoms with Gasteiger partial charge in [-0.15, -0.1) is 0 Å². The van der Waals surface area contributed by atoms with E-state index in [1.54, 1.807) is 0 Å². The van der Waals surface area contributed by atoms with Crippen molar-refractivity contribution in [2.24, 2.45) is 50.2 Å². The van der Waals surface area contributed by atoms with Crippen LogP contribution in [0.4, 0.5) is 0 Å². The Bertz CT molecular complexity index is 1090. The molecule has 0 aromatic rings. The lowest BCUT2D eigenvalue weighted by molar-refractivity contribution is -0.211. The van der Waals surface area contributed by atoms with Crippen LogP contribution in [0.15, 0.2) is 11.6 Å². The second-order valence-electron chi connectivity index (χ2n) is 15.8. The van der Waals surface area contributed by atoms with Crippen LogP contribution in [0.1, 0.15) is 120 Å². The second-order valence-corrected chi connectivity index (χ2v) is 15.8. The molecule has 0 spiro atoms. The molecular weight excluding hydrogens is 476 g/mol. The first-order valence-electron chi connectivity index (χ1n) is 15.2. The number of ether oxygens (including phenoxy) is 1. The van der Waals surface area contributed by atoms with Gasteiger partial charge in [0.15, 0.2) is 5.78 Å². The first-order valence-corrected chi connectivity index (χ1v) is 15.2. The van der Waals surface area contributed by atoms with E-state index in [9.17, 15) is 19.5 Å². The molecular formula is C33H50O5. The molecule has 0 aromatic heterocycles. The quantitative estimate of drug-likeness (QED) is 0.388. The highest BCUT2D eigenvalue weighted by Crippen LogP contribution is 2.75. The van der Waals surface area contributed by atoms with Gasteiger partial charge < -0.3 is 9.84 Å². The molecule has 5 aliphatic carbocycles. The van der Waals surface area contributed by atoms with Crippen molar-refractivity contribution in [3.63, 3.8) is 0 Å².